The first kappa shape index (κ1) is 40.6. The van der Waals surface area contributed by atoms with Crippen molar-refractivity contribution in [2.24, 2.45) is 24.9 Å². The second-order valence-electron chi connectivity index (χ2n) is 17.9. The zero-order valence-corrected chi connectivity index (χ0v) is 35.7. The molecule has 2 fully saturated rings. The molecule has 4 heterocycles. The number of nitrogens with one attached hydrogen (secondary N) is 2. The van der Waals surface area contributed by atoms with Gasteiger partial charge in [0.1, 0.15) is 5.60 Å². The van der Waals surface area contributed by atoms with Gasteiger partial charge in [-0.3, -0.25) is 19.3 Å². The second kappa shape index (κ2) is 15.1. The van der Waals surface area contributed by atoms with Gasteiger partial charge in [-0.05, 0) is 88.5 Å². The van der Waals surface area contributed by atoms with Crippen LogP contribution >= 0.6 is 11.6 Å². The number of amides is 3. The number of rotatable bonds is 8. The molecule has 14 nitrogen and oxygen atoms in total. The Morgan fingerprint density at radius 2 is 1.39 bits per heavy atom. The molecule has 2 aromatic carbocycles. The number of hydrogen-bond acceptors (Lipinski definition) is 9. The van der Waals surface area contributed by atoms with Gasteiger partial charge in [0.05, 0.1) is 41.2 Å². The topological polar surface area (TPSA) is 153 Å². The predicted molar refractivity (Wildman–Crippen MR) is 223 cm³/mol. The quantitative estimate of drug-likeness (QED) is 0.178. The number of benzene rings is 2. The molecule has 2 aliphatic carbocycles. The summed E-state index contributed by atoms with van der Waals surface area (Å²) in [7, 11) is 5.19. The summed E-state index contributed by atoms with van der Waals surface area (Å²) in [5.41, 5.74) is 6.01. The van der Waals surface area contributed by atoms with Gasteiger partial charge in [0, 0.05) is 75.8 Å². The number of anilines is 2. The molecule has 312 valence electrons. The molecule has 2 N–H and O–H groups in total. The van der Waals surface area contributed by atoms with Gasteiger partial charge in [-0.15, -0.1) is 0 Å². The molecule has 0 saturated heterocycles. The van der Waals surface area contributed by atoms with Crippen molar-refractivity contribution in [3.63, 3.8) is 0 Å². The van der Waals surface area contributed by atoms with E-state index in [0.29, 0.717) is 53.0 Å². The first-order valence-electron chi connectivity index (χ1n) is 20.4. The second-order valence-corrected chi connectivity index (χ2v) is 18.3. The van der Waals surface area contributed by atoms with Gasteiger partial charge in [0.25, 0.3) is 11.8 Å². The molecule has 0 radical (unpaired) electrons. The van der Waals surface area contributed by atoms with E-state index < -0.39 is 11.7 Å². The number of aromatic nitrogens is 4. The number of carbonyl (C=O) groups is 4. The number of hydrogen-bond donors (Lipinski definition) is 2. The number of halogens is 1. The highest BCUT2D eigenvalue weighted by molar-refractivity contribution is 6.36. The number of ether oxygens (including phenoxy) is 2. The normalized spacial score (nSPS) is 21.2. The van der Waals surface area contributed by atoms with E-state index in [1.807, 2.05) is 76.7 Å². The van der Waals surface area contributed by atoms with Crippen LogP contribution in [0.2, 0.25) is 5.02 Å². The fourth-order valence-corrected chi connectivity index (χ4v) is 10.2. The number of nitrogens with zero attached hydrogens (tertiary/aromatic N) is 6. The molecular weight excluding hydrogens is 772 g/mol. The third-order valence-electron chi connectivity index (χ3n) is 12.9. The number of fused-ring (bicyclic) bond motifs is 4. The van der Waals surface area contributed by atoms with Gasteiger partial charge in [0.15, 0.2) is 11.6 Å². The van der Waals surface area contributed by atoms with Gasteiger partial charge < -0.3 is 34.1 Å². The molecule has 2 bridgehead atoms. The molecule has 0 spiro atoms. The molecular formula is C44H53ClN8O6. The zero-order valence-electron chi connectivity index (χ0n) is 35.0. The van der Waals surface area contributed by atoms with Crippen LogP contribution in [0.5, 0.6) is 0 Å². The first-order valence-corrected chi connectivity index (χ1v) is 20.8. The lowest BCUT2D eigenvalue weighted by Crippen LogP contribution is -2.40. The zero-order chi connectivity index (χ0) is 42.0. The highest BCUT2D eigenvalue weighted by Crippen LogP contribution is 2.62. The Bertz CT molecular complexity index is 2370. The summed E-state index contributed by atoms with van der Waals surface area (Å²) in [4.78, 5) is 66.4. The molecule has 2 aliphatic heterocycles. The van der Waals surface area contributed by atoms with Gasteiger partial charge in [-0.1, -0.05) is 35.9 Å². The molecule has 2 saturated carbocycles. The third-order valence-corrected chi connectivity index (χ3v) is 13.3. The minimum atomic E-state index is -0.614. The van der Waals surface area contributed by atoms with E-state index >= 15 is 0 Å². The lowest BCUT2D eigenvalue weighted by atomic mass is 9.81. The van der Waals surface area contributed by atoms with E-state index in [2.05, 4.69) is 20.5 Å². The van der Waals surface area contributed by atoms with Crippen LogP contribution in [0, 0.1) is 17.8 Å². The SMILES string of the molecule is COC(=O)C12CCC(CN3CCc4c(nc(C(=O)Nc5cccc(-c6cccc(NC(=O)c7nc8c(n7C)CCN(C(=O)OC(C)(C)C)C8)c6C)c5Cl)n4C)C3)(CC1)C2. The van der Waals surface area contributed by atoms with Crippen LogP contribution in [-0.4, -0.2) is 85.1 Å². The maximum atomic E-state index is 13.8. The van der Waals surface area contributed by atoms with Crippen LogP contribution in [0.1, 0.15) is 102 Å². The van der Waals surface area contributed by atoms with Gasteiger partial charge in [-0.25, -0.2) is 14.8 Å². The Kier molecular flexibility index (Phi) is 10.4. The minimum Gasteiger partial charge on any atom is -0.469 e. The summed E-state index contributed by atoms with van der Waals surface area (Å²) < 4.78 is 14.4. The lowest BCUT2D eigenvalue weighted by molar-refractivity contribution is -0.152. The fraction of sp³-hybridized carbons (Fsp3) is 0.500. The first-order chi connectivity index (χ1) is 28.0. The van der Waals surface area contributed by atoms with Gasteiger partial charge >= 0.3 is 12.1 Å². The van der Waals surface area contributed by atoms with Crippen molar-refractivity contribution in [2.75, 3.05) is 37.4 Å². The van der Waals surface area contributed by atoms with Crippen LogP contribution < -0.4 is 10.6 Å². The summed E-state index contributed by atoms with van der Waals surface area (Å²) in [5, 5.41) is 6.41. The van der Waals surface area contributed by atoms with Crippen molar-refractivity contribution in [3.8, 4) is 11.1 Å². The summed E-state index contributed by atoms with van der Waals surface area (Å²) in [6.07, 6.45) is 5.66. The molecule has 8 rings (SSSR count). The highest BCUT2D eigenvalue weighted by atomic mass is 35.5. The number of imidazole rings is 2. The lowest BCUT2D eigenvalue weighted by Gasteiger charge is -2.35. The van der Waals surface area contributed by atoms with Crippen molar-refractivity contribution in [1.29, 1.82) is 0 Å². The van der Waals surface area contributed by atoms with Crippen LogP contribution in [0.4, 0.5) is 16.2 Å². The smallest absolute Gasteiger partial charge is 0.410 e. The van der Waals surface area contributed by atoms with Crippen molar-refractivity contribution >= 4 is 46.9 Å². The highest BCUT2D eigenvalue weighted by Gasteiger charge is 2.59. The molecule has 4 aromatic rings. The molecule has 15 heteroatoms. The van der Waals surface area contributed by atoms with E-state index in [-0.39, 0.29) is 41.0 Å². The van der Waals surface area contributed by atoms with E-state index in [4.69, 9.17) is 26.1 Å². The largest absolute Gasteiger partial charge is 0.469 e. The van der Waals surface area contributed by atoms with E-state index in [9.17, 15) is 19.2 Å². The van der Waals surface area contributed by atoms with Gasteiger partial charge in [-0.2, -0.15) is 0 Å². The van der Waals surface area contributed by atoms with E-state index in [1.54, 1.807) is 15.5 Å². The average molecular weight is 825 g/mol. The molecule has 0 unspecified atom stereocenters. The maximum absolute atomic E-state index is 13.8. The number of esters is 1. The van der Waals surface area contributed by atoms with Crippen molar-refractivity contribution in [1.82, 2.24) is 28.9 Å². The van der Waals surface area contributed by atoms with E-state index in [0.717, 1.165) is 79.8 Å². The molecule has 3 amide bonds. The van der Waals surface area contributed by atoms with Crippen LogP contribution in [0.3, 0.4) is 0 Å². The van der Waals surface area contributed by atoms with Crippen molar-refractivity contribution < 1.29 is 28.7 Å². The Balaban J connectivity index is 0.945. The third kappa shape index (κ3) is 7.50. The Morgan fingerprint density at radius 1 is 0.814 bits per heavy atom. The predicted octanol–water partition coefficient (Wildman–Crippen LogP) is 7.06. The van der Waals surface area contributed by atoms with Crippen LogP contribution in [0.15, 0.2) is 36.4 Å². The Hall–Kier alpha value is -5.21. The summed E-state index contributed by atoms with van der Waals surface area (Å²) >= 11 is 7.04. The molecule has 0 atom stereocenters. The summed E-state index contributed by atoms with van der Waals surface area (Å²) in [6.45, 7) is 10.6. The summed E-state index contributed by atoms with van der Waals surface area (Å²) in [5.74, 6) is -0.238. The maximum Gasteiger partial charge on any atom is 0.410 e. The van der Waals surface area contributed by atoms with E-state index in [1.165, 1.54) is 7.11 Å². The molecule has 2 aromatic heterocycles. The molecule has 59 heavy (non-hydrogen) atoms. The standard InChI is InChI=1S/C44H53ClN8O6/c1-26-27(10-8-12-29(26)48-38(54)36-47-32-23-53(21-15-34(32)51(36)6)41(57)59-42(2,3)4)28-11-9-13-30(35(28)45)49-39(55)37-46-31-22-52(20-14-33(31)50(37)5)25-43-16-18-44(24-43,19-17-43)40(56)58-7/h8-13H,14-25H2,1-7H3,(H,48,54)(H,49,55). The number of methoxy groups -OCH3 is 1. The van der Waals surface area contributed by atoms with Crippen molar-refractivity contribution in [3.05, 3.63) is 81.4 Å². The summed E-state index contributed by atoms with van der Waals surface area (Å²) in [6, 6.07) is 11.1. The van der Waals surface area contributed by atoms with Crippen LogP contribution in [0.25, 0.3) is 11.1 Å². The van der Waals surface area contributed by atoms with Crippen molar-refractivity contribution in [2.45, 2.75) is 91.3 Å². The average Bonchev–Trinajstić information content (AvgIpc) is 3.95. The number of carbonyl (C=O) groups excluding carboxylic acids is 4. The Morgan fingerprint density at radius 3 is 2.02 bits per heavy atom. The minimum absolute atomic E-state index is 0.0621. The van der Waals surface area contributed by atoms with Crippen LogP contribution in [-0.2, 0) is 54.3 Å². The fourth-order valence-electron chi connectivity index (χ4n) is 9.90. The van der Waals surface area contributed by atoms with Gasteiger partial charge in [0.2, 0.25) is 0 Å². The Labute approximate surface area is 349 Å². The molecule has 4 aliphatic rings. The monoisotopic (exact) mass is 824 g/mol.